The van der Waals surface area contributed by atoms with Gasteiger partial charge in [0.25, 0.3) is 0 Å². The van der Waals surface area contributed by atoms with Crippen LogP contribution < -0.4 is 10.6 Å². The molecule has 0 bridgehead atoms. The summed E-state index contributed by atoms with van der Waals surface area (Å²) in [5.74, 6) is 0.0824. The van der Waals surface area contributed by atoms with Gasteiger partial charge < -0.3 is 15.6 Å². The summed E-state index contributed by atoms with van der Waals surface area (Å²) < 4.78 is 0. The number of amides is 1. The monoisotopic (exact) mass is 250 g/mol. The Balaban J connectivity index is 1.89. The van der Waals surface area contributed by atoms with Gasteiger partial charge in [0.15, 0.2) is 0 Å². The second kappa shape index (κ2) is 5.54. The van der Waals surface area contributed by atoms with E-state index in [1.54, 1.807) is 0 Å². The molecule has 1 aromatic heterocycles. The van der Waals surface area contributed by atoms with Crippen molar-refractivity contribution < 1.29 is 4.79 Å². The number of hydrogen-bond donors (Lipinski definition) is 3. The van der Waals surface area contributed by atoms with E-state index in [4.69, 9.17) is 0 Å². The summed E-state index contributed by atoms with van der Waals surface area (Å²) in [4.78, 5) is 17.6. The highest BCUT2D eigenvalue weighted by Gasteiger charge is 2.34. The number of hydrogen-bond acceptors (Lipinski definition) is 3. The molecule has 100 valence electrons. The smallest absolute Gasteiger partial charge is 0.240 e. The van der Waals surface area contributed by atoms with Gasteiger partial charge in [-0.25, -0.2) is 0 Å². The standard InChI is InChI=1S/C13H22N4O/c1-13(2,17-8-6-14-7-9-17)12(18)16-10-11-4-3-5-15-11/h3-5,14-15H,6-10H2,1-2H3,(H,16,18). The third kappa shape index (κ3) is 2.91. The highest BCUT2D eigenvalue weighted by Crippen LogP contribution is 2.15. The third-order valence-corrected chi connectivity index (χ3v) is 3.56. The van der Waals surface area contributed by atoms with Gasteiger partial charge in [-0.1, -0.05) is 0 Å². The molecule has 0 aromatic carbocycles. The molecule has 1 fully saturated rings. The minimum Gasteiger partial charge on any atom is -0.364 e. The average molecular weight is 250 g/mol. The highest BCUT2D eigenvalue weighted by atomic mass is 16.2. The van der Waals surface area contributed by atoms with Gasteiger partial charge in [-0.05, 0) is 26.0 Å². The fourth-order valence-electron chi connectivity index (χ4n) is 2.24. The van der Waals surface area contributed by atoms with Gasteiger partial charge in [0.1, 0.15) is 0 Å². The van der Waals surface area contributed by atoms with Gasteiger partial charge >= 0.3 is 0 Å². The predicted octanol–water partition coefficient (Wildman–Crippen LogP) is 0.315. The number of aromatic amines is 1. The van der Waals surface area contributed by atoms with E-state index in [2.05, 4.69) is 20.5 Å². The van der Waals surface area contributed by atoms with Crippen LogP contribution >= 0.6 is 0 Å². The van der Waals surface area contributed by atoms with Gasteiger partial charge in [0.2, 0.25) is 5.91 Å². The molecular formula is C13H22N4O. The number of nitrogens with one attached hydrogen (secondary N) is 3. The van der Waals surface area contributed by atoms with Gasteiger partial charge in [-0.3, -0.25) is 9.69 Å². The summed E-state index contributed by atoms with van der Waals surface area (Å²) in [7, 11) is 0. The second-order valence-corrected chi connectivity index (χ2v) is 5.17. The van der Waals surface area contributed by atoms with E-state index in [-0.39, 0.29) is 5.91 Å². The SMILES string of the molecule is CC(C)(C(=O)NCc1ccc[nH]1)N1CCNCC1. The molecule has 0 atom stereocenters. The van der Waals surface area contributed by atoms with Crippen LogP contribution in [0.15, 0.2) is 18.3 Å². The minimum atomic E-state index is -0.450. The van der Waals surface area contributed by atoms with Crippen LogP contribution in [0.2, 0.25) is 0 Å². The highest BCUT2D eigenvalue weighted by molar-refractivity contribution is 5.85. The van der Waals surface area contributed by atoms with Crippen molar-refractivity contribution in [2.24, 2.45) is 0 Å². The molecule has 18 heavy (non-hydrogen) atoms. The number of piperazine rings is 1. The summed E-state index contributed by atoms with van der Waals surface area (Å²) in [5, 5.41) is 6.29. The first-order chi connectivity index (χ1) is 8.60. The minimum absolute atomic E-state index is 0.0824. The summed E-state index contributed by atoms with van der Waals surface area (Å²) in [6, 6.07) is 3.90. The van der Waals surface area contributed by atoms with Crippen molar-refractivity contribution >= 4 is 5.91 Å². The zero-order valence-electron chi connectivity index (χ0n) is 11.1. The predicted molar refractivity (Wildman–Crippen MR) is 71.2 cm³/mol. The maximum Gasteiger partial charge on any atom is 0.240 e. The first-order valence-corrected chi connectivity index (χ1v) is 6.47. The van der Waals surface area contributed by atoms with Crippen LogP contribution in [-0.2, 0) is 11.3 Å². The topological polar surface area (TPSA) is 60.2 Å². The van der Waals surface area contributed by atoms with Crippen molar-refractivity contribution in [2.75, 3.05) is 26.2 Å². The van der Waals surface area contributed by atoms with Gasteiger partial charge in [0, 0.05) is 38.1 Å². The molecule has 1 aliphatic rings. The number of aromatic nitrogens is 1. The molecule has 1 aromatic rings. The van der Waals surface area contributed by atoms with Crippen LogP contribution in [0.4, 0.5) is 0 Å². The van der Waals surface area contributed by atoms with Crippen molar-refractivity contribution in [3.63, 3.8) is 0 Å². The molecule has 0 aliphatic carbocycles. The zero-order chi connectivity index (χ0) is 13.0. The Morgan fingerprint density at radius 3 is 2.78 bits per heavy atom. The molecule has 1 saturated heterocycles. The summed E-state index contributed by atoms with van der Waals surface area (Å²) in [5.41, 5.74) is 0.578. The van der Waals surface area contributed by atoms with E-state index in [9.17, 15) is 4.79 Å². The number of rotatable bonds is 4. The lowest BCUT2D eigenvalue weighted by atomic mass is 10.0. The number of H-pyrrole nitrogens is 1. The fraction of sp³-hybridized carbons (Fsp3) is 0.615. The lowest BCUT2D eigenvalue weighted by Crippen LogP contribution is -2.59. The van der Waals surface area contributed by atoms with Crippen LogP contribution in [-0.4, -0.2) is 47.5 Å². The second-order valence-electron chi connectivity index (χ2n) is 5.17. The molecule has 2 heterocycles. The number of carbonyl (C=O) groups is 1. The average Bonchev–Trinajstić information content (AvgIpc) is 2.90. The quantitative estimate of drug-likeness (QED) is 0.721. The van der Waals surface area contributed by atoms with Crippen LogP contribution in [0.1, 0.15) is 19.5 Å². The van der Waals surface area contributed by atoms with Gasteiger partial charge in [0.05, 0.1) is 12.1 Å². The van der Waals surface area contributed by atoms with E-state index >= 15 is 0 Å². The largest absolute Gasteiger partial charge is 0.364 e. The van der Waals surface area contributed by atoms with E-state index in [0.29, 0.717) is 6.54 Å². The Morgan fingerprint density at radius 2 is 2.17 bits per heavy atom. The Bertz CT molecular complexity index is 380. The Morgan fingerprint density at radius 1 is 1.44 bits per heavy atom. The van der Waals surface area contributed by atoms with E-state index in [0.717, 1.165) is 31.9 Å². The van der Waals surface area contributed by atoms with Crippen molar-refractivity contribution in [2.45, 2.75) is 25.9 Å². The molecule has 3 N–H and O–H groups in total. The van der Waals surface area contributed by atoms with E-state index in [1.807, 2.05) is 32.2 Å². The van der Waals surface area contributed by atoms with E-state index in [1.165, 1.54) is 0 Å². The zero-order valence-corrected chi connectivity index (χ0v) is 11.1. The van der Waals surface area contributed by atoms with Crippen LogP contribution in [0.25, 0.3) is 0 Å². The summed E-state index contributed by atoms with van der Waals surface area (Å²) >= 11 is 0. The lowest BCUT2D eigenvalue weighted by Gasteiger charge is -2.39. The van der Waals surface area contributed by atoms with Crippen LogP contribution in [0, 0.1) is 0 Å². The molecule has 0 spiro atoms. The van der Waals surface area contributed by atoms with Gasteiger partial charge in [-0.2, -0.15) is 0 Å². The molecule has 1 amide bonds. The van der Waals surface area contributed by atoms with Gasteiger partial charge in [-0.15, -0.1) is 0 Å². The Kier molecular flexibility index (Phi) is 4.04. The first kappa shape index (κ1) is 13.1. The Labute approximate surface area is 108 Å². The maximum absolute atomic E-state index is 12.3. The summed E-state index contributed by atoms with van der Waals surface area (Å²) in [6.45, 7) is 8.28. The molecule has 0 radical (unpaired) electrons. The molecule has 0 unspecified atom stereocenters. The molecule has 5 heteroatoms. The molecule has 1 aliphatic heterocycles. The molecule has 0 saturated carbocycles. The third-order valence-electron chi connectivity index (χ3n) is 3.56. The number of carbonyl (C=O) groups excluding carboxylic acids is 1. The Hall–Kier alpha value is -1.33. The van der Waals surface area contributed by atoms with E-state index < -0.39 is 5.54 Å². The molecule has 5 nitrogen and oxygen atoms in total. The normalized spacial score (nSPS) is 17.7. The van der Waals surface area contributed by atoms with Crippen LogP contribution in [0.5, 0.6) is 0 Å². The van der Waals surface area contributed by atoms with Crippen molar-refractivity contribution in [3.05, 3.63) is 24.0 Å². The first-order valence-electron chi connectivity index (χ1n) is 6.47. The summed E-state index contributed by atoms with van der Waals surface area (Å²) in [6.07, 6.45) is 1.86. The lowest BCUT2D eigenvalue weighted by molar-refractivity contribution is -0.132. The van der Waals surface area contributed by atoms with Crippen molar-refractivity contribution in [3.8, 4) is 0 Å². The maximum atomic E-state index is 12.3. The fourth-order valence-corrected chi connectivity index (χ4v) is 2.24. The van der Waals surface area contributed by atoms with Crippen molar-refractivity contribution in [1.82, 2.24) is 20.5 Å². The molecule has 2 rings (SSSR count). The number of nitrogens with zero attached hydrogens (tertiary/aromatic N) is 1. The molecular weight excluding hydrogens is 228 g/mol. The van der Waals surface area contributed by atoms with Crippen LogP contribution in [0.3, 0.4) is 0 Å². The van der Waals surface area contributed by atoms with Crippen molar-refractivity contribution in [1.29, 1.82) is 0 Å².